The lowest BCUT2D eigenvalue weighted by molar-refractivity contribution is -0.0269. The molecule has 0 bridgehead atoms. The first-order chi connectivity index (χ1) is 9.56. The summed E-state index contributed by atoms with van der Waals surface area (Å²) in [5.74, 6) is 0.166. The zero-order valence-corrected chi connectivity index (χ0v) is 12.2. The highest BCUT2D eigenvalue weighted by Gasteiger charge is 2.26. The second-order valence-corrected chi connectivity index (χ2v) is 5.17. The van der Waals surface area contributed by atoms with Crippen molar-refractivity contribution in [3.63, 3.8) is 0 Å². The van der Waals surface area contributed by atoms with Gasteiger partial charge in [-0.1, -0.05) is 11.6 Å². The first kappa shape index (κ1) is 14.9. The number of nitrogens with zero attached hydrogens (tertiary/aromatic N) is 2. The number of ether oxygens (including phenoxy) is 2. The summed E-state index contributed by atoms with van der Waals surface area (Å²) in [5.41, 5.74) is 0.709. The van der Waals surface area contributed by atoms with Crippen molar-refractivity contribution in [2.45, 2.75) is 19.1 Å². The van der Waals surface area contributed by atoms with Gasteiger partial charge in [-0.25, -0.2) is 0 Å². The van der Waals surface area contributed by atoms with E-state index >= 15 is 0 Å². The molecule has 1 heterocycles. The van der Waals surface area contributed by atoms with E-state index in [4.69, 9.17) is 21.1 Å². The SMILES string of the molecule is COc1cc([C@H](C#N)N2CCO[C@@H](C)C2)cc(Cl)c1O. The highest BCUT2D eigenvalue weighted by atomic mass is 35.5. The van der Waals surface area contributed by atoms with E-state index in [-0.39, 0.29) is 22.6 Å². The van der Waals surface area contributed by atoms with Crippen molar-refractivity contribution >= 4 is 11.6 Å². The number of aromatic hydroxyl groups is 1. The van der Waals surface area contributed by atoms with E-state index in [2.05, 4.69) is 6.07 Å². The third-order valence-electron chi connectivity index (χ3n) is 3.35. The monoisotopic (exact) mass is 296 g/mol. The molecule has 0 radical (unpaired) electrons. The largest absolute Gasteiger partial charge is 0.503 e. The second kappa shape index (κ2) is 6.31. The first-order valence-electron chi connectivity index (χ1n) is 6.38. The standard InChI is InChI=1S/C14H17ClN2O3/c1-9-8-17(3-4-20-9)12(7-16)10-5-11(15)14(18)13(6-10)19-2/h5-6,9,12,18H,3-4,8H2,1-2H3/t9-,12-/m0/s1. The maximum Gasteiger partial charge on any atom is 0.176 e. The summed E-state index contributed by atoms with van der Waals surface area (Å²) < 4.78 is 10.6. The lowest BCUT2D eigenvalue weighted by Crippen LogP contribution is -2.42. The topological polar surface area (TPSA) is 65.7 Å². The summed E-state index contributed by atoms with van der Waals surface area (Å²) in [6, 6.07) is 5.10. The number of nitriles is 1. The number of morpholine rings is 1. The van der Waals surface area contributed by atoms with Crippen LogP contribution >= 0.6 is 11.6 Å². The van der Waals surface area contributed by atoms with Crippen LogP contribution in [0.2, 0.25) is 5.02 Å². The summed E-state index contributed by atoms with van der Waals surface area (Å²) in [6.07, 6.45) is 0.0917. The van der Waals surface area contributed by atoms with Crippen LogP contribution in [0.25, 0.3) is 0 Å². The molecule has 1 aliphatic rings. The molecule has 0 aliphatic carbocycles. The number of rotatable bonds is 3. The number of hydrogen-bond acceptors (Lipinski definition) is 5. The zero-order valence-electron chi connectivity index (χ0n) is 11.5. The van der Waals surface area contributed by atoms with Crippen LogP contribution in [0.15, 0.2) is 12.1 Å². The Balaban J connectivity index is 2.32. The van der Waals surface area contributed by atoms with Gasteiger partial charge >= 0.3 is 0 Å². The number of phenols is 1. The highest BCUT2D eigenvalue weighted by molar-refractivity contribution is 6.32. The van der Waals surface area contributed by atoms with Crippen LogP contribution in [0.1, 0.15) is 18.5 Å². The second-order valence-electron chi connectivity index (χ2n) is 4.76. The van der Waals surface area contributed by atoms with E-state index in [1.54, 1.807) is 12.1 Å². The number of hydrogen-bond donors (Lipinski definition) is 1. The molecular formula is C14H17ClN2O3. The van der Waals surface area contributed by atoms with E-state index in [1.165, 1.54) is 7.11 Å². The highest BCUT2D eigenvalue weighted by Crippen LogP contribution is 2.37. The lowest BCUT2D eigenvalue weighted by Gasteiger charge is -2.34. The van der Waals surface area contributed by atoms with Gasteiger partial charge in [0.05, 0.1) is 30.9 Å². The lowest BCUT2D eigenvalue weighted by atomic mass is 10.0. The minimum Gasteiger partial charge on any atom is -0.503 e. The predicted molar refractivity (Wildman–Crippen MR) is 75.0 cm³/mol. The molecule has 1 aromatic carbocycles. The fourth-order valence-corrected chi connectivity index (χ4v) is 2.57. The molecule has 0 saturated carbocycles. The van der Waals surface area contributed by atoms with Gasteiger partial charge in [-0.15, -0.1) is 0 Å². The molecule has 108 valence electrons. The molecular weight excluding hydrogens is 280 g/mol. The normalized spacial score (nSPS) is 21.2. The Morgan fingerprint density at radius 2 is 2.35 bits per heavy atom. The van der Waals surface area contributed by atoms with Gasteiger partial charge in [0.25, 0.3) is 0 Å². The van der Waals surface area contributed by atoms with Crippen LogP contribution in [-0.2, 0) is 4.74 Å². The smallest absolute Gasteiger partial charge is 0.176 e. The quantitative estimate of drug-likeness (QED) is 0.927. The predicted octanol–water partition coefficient (Wildman–Crippen LogP) is 2.34. The van der Waals surface area contributed by atoms with E-state index in [1.807, 2.05) is 11.8 Å². The molecule has 2 atom stereocenters. The minimum atomic E-state index is -0.437. The van der Waals surface area contributed by atoms with Gasteiger partial charge < -0.3 is 14.6 Å². The molecule has 5 nitrogen and oxygen atoms in total. The van der Waals surface area contributed by atoms with Crippen LogP contribution in [0.4, 0.5) is 0 Å². The van der Waals surface area contributed by atoms with Crippen molar-refractivity contribution < 1.29 is 14.6 Å². The Morgan fingerprint density at radius 3 is 2.95 bits per heavy atom. The minimum absolute atomic E-state index is 0.0917. The molecule has 0 amide bonds. The first-order valence-corrected chi connectivity index (χ1v) is 6.76. The Labute approximate surface area is 123 Å². The Kier molecular flexibility index (Phi) is 4.71. The molecule has 1 N–H and O–H groups in total. The van der Waals surface area contributed by atoms with Crippen molar-refractivity contribution in [2.24, 2.45) is 0 Å². The van der Waals surface area contributed by atoms with Crippen LogP contribution in [0.5, 0.6) is 11.5 Å². The molecule has 1 aromatic rings. The van der Waals surface area contributed by atoms with Crippen LogP contribution in [-0.4, -0.2) is 42.9 Å². The molecule has 2 rings (SSSR count). The maximum absolute atomic E-state index is 9.76. The average molecular weight is 297 g/mol. The van der Waals surface area contributed by atoms with Gasteiger partial charge in [-0.05, 0) is 24.6 Å². The van der Waals surface area contributed by atoms with E-state index in [0.717, 1.165) is 0 Å². The van der Waals surface area contributed by atoms with E-state index in [0.29, 0.717) is 25.3 Å². The average Bonchev–Trinajstić information content (AvgIpc) is 2.43. The molecule has 0 unspecified atom stereocenters. The maximum atomic E-state index is 9.76. The summed E-state index contributed by atoms with van der Waals surface area (Å²) in [6.45, 7) is 3.94. The van der Waals surface area contributed by atoms with Crippen molar-refractivity contribution in [3.05, 3.63) is 22.7 Å². The summed E-state index contributed by atoms with van der Waals surface area (Å²) in [7, 11) is 1.45. The molecule has 6 heteroatoms. The fraction of sp³-hybridized carbons (Fsp3) is 0.500. The fourth-order valence-electron chi connectivity index (χ4n) is 2.35. The summed E-state index contributed by atoms with van der Waals surface area (Å²) in [5, 5.41) is 19.4. The van der Waals surface area contributed by atoms with Crippen molar-refractivity contribution in [1.29, 1.82) is 5.26 Å². The zero-order chi connectivity index (χ0) is 14.7. The van der Waals surface area contributed by atoms with Gasteiger partial charge in [0, 0.05) is 13.1 Å². The van der Waals surface area contributed by atoms with Gasteiger partial charge in [0.2, 0.25) is 0 Å². The third-order valence-corrected chi connectivity index (χ3v) is 3.63. The van der Waals surface area contributed by atoms with Gasteiger partial charge in [0.1, 0.15) is 6.04 Å². The molecule has 0 aromatic heterocycles. The molecule has 1 aliphatic heterocycles. The number of phenolic OH excluding ortho intramolecular Hbond substituents is 1. The Hall–Kier alpha value is -1.48. The van der Waals surface area contributed by atoms with Gasteiger partial charge in [-0.2, -0.15) is 5.26 Å². The van der Waals surface area contributed by atoms with Crippen LogP contribution in [0, 0.1) is 11.3 Å². The summed E-state index contributed by atoms with van der Waals surface area (Å²) in [4.78, 5) is 2.04. The van der Waals surface area contributed by atoms with Gasteiger partial charge in [-0.3, -0.25) is 4.90 Å². The van der Waals surface area contributed by atoms with Crippen molar-refractivity contribution in [3.8, 4) is 17.6 Å². The van der Waals surface area contributed by atoms with Crippen molar-refractivity contribution in [2.75, 3.05) is 26.8 Å². The number of halogens is 1. The molecule has 20 heavy (non-hydrogen) atoms. The van der Waals surface area contributed by atoms with Crippen LogP contribution in [0.3, 0.4) is 0 Å². The Morgan fingerprint density at radius 1 is 1.60 bits per heavy atom. The molecule has 0 spiro atoms. The number of benzene rings is 1. The van der Waals surface area contributed by atoms with E-state index in [9.17, 15) is 10.4 Å². The Bertz CT molecular complexity index is 530. The third kappa shape index (κ3) is 2.98. The van der Waals surface area contributed by atoms with Gasteiger partial charge in [0.15, 0.2) is 11.5 Å². The number of methoxy groups -OCH3 is 1. The molecule has 1 fully saturated rings. The van der Waals surface area contributed by atoms with Crippen molar-refractivity contribution in [1.82, 2.24) is 4.90 Å². The summed E-state index contributed by atoms with van der Waals surface area (Å²) >= 11 is 5.98. The van der Waals surface area contributed by atoms with E-state index < -0.39 is 6.04 Å². The molecule has 1 saturated heterocycles. The van der Waals surface area contributed by atoms with Crippen LogP contribution < -0.4 is 4.74 Å².